The van der Waals surface area contributed by atoms with E-state index in [4.69, 9.17) is 26.5 Å². The molecule has 0 aliphatic rings. The lowest BCUT2D eigenvalue weighted by Gasteiger charge is -2.22. The fourth-order valence-corrected chi connectivity index (χ4v) is 1.36. The van der Waals surface area contributed by atoms with Crippen molar-refractivity contribution in [2.45, 2.75) is 32.4 Å². The van der Waals surface area contributed by atoms with E-state index in [2.05, 4.69) is 5.32 Å². The second-order valence-corrected chi connectivity index (χ2v) is 4.95. The summed E-state index contributed by atoms with van der Waals surface area (Å²) in [6, 6.07) is 2.81. The van der Waals surface area contributed by atoms with Crippen LogP contribution >= 0.6 is 11.6 Å². The Hall–Kier alpha value is -1.20. The molecule has 1 aromatic heterocycles. The number of nitrogens with one attached hydrogen (secondary N) is 1. The van der Waals surface area contributed by atoms with E-state index in [-0.39, 0.29) is 11.8 Å². The molecule has 0 radical (unpaired) electrons. The Morgan fingerprint density at radius 1 is 1.59 bits per heavy atom. The number of hydrogen-bond acceptors (Lipinski definition) is 4. The van der Waals surface area contributed by atoms with Crippen LogP contribution in [0.5, 0.6) is 0 Å². The van der Waals surface area contributed by atoms with Crippen LogP contribution in [0.15, 0.2) is 16.5 Å². The van der Waals surface area contributed by atoms with Crippen molar-refractivity contribution >= 4 is 17.7 Å². The van der Waals surface area contributed by atoms with E-state index in [1.165, 1.54) is 0 Å². The van der Waals surface area contributed by atoms with Crippen LogP contribution in [-0.4, -0.2) is 18.2 Å². The summed E-state index contributed by atoms with van der Waals surface area (Å²) in [5.41, 5.74) is 5.00. The standard InChI is InChI=1S/C11H17ClN2O3/c1-11(2,3)17-10(15)14-7(6-13)8-4-5-9(12)16-8/h4-5,7H,6,13H2,1-3H3,(H,14,15). The number of alkyl carbamates (subject to hydrolysis) is 1. The molecule has 1 heterocycles. The van der Waals surface area contributed by atoms with Crippen LogP contribution < -0.4 is 11.1 Å². The van der Waals surface area contributed by atoms with Gasteiger partial charge in [0.1, 0.15) is 17.4 Å². The zero-order chi connectivity index (χ0) is 13.1. The van der Waals surface area contributed by atoms with Gasteiger partial charge >= 0.3 is 6.09 Å². The maximum atomic E-state index is 11.5. The third-order valence-corrected chi connectivity index (χ3v) is 2.07. The summed E-state index contributed by atoms with van der Waals surface area (Å²) in [7, 11) is 0. The van der Waals surface area contributed by atoms with Crippen LogP contribution in [0.3, 0.4) is 0 Å². The third kappa shape index (κ3) is 4.66. The molecule has 1 unspecified atom stereocenters. The highest BCUT2D eigenvalue weighted by atomic mass is 35.5. The minimum atomic E-state index is -0.552. The van der Waals surface area contributed by atoms with E-state index < -0.39 is 17.7 Å². The zero-order valence-corrected chi connectivity index (χ0v) is 10.9. The van der Waals surface area contributed by atoms with E-state index in [1.54, 1.807) is 32.9 Å². The van der Waals surface area contributed by atoms with E-state index in [9.17, 15) is 4.79 Å². The number of nitrogens with two attached hydrogens (primary N) is 1. The van der Waals surface area contributed by atoms with E-state index in [0.29, 0.717) is 5.76 Å². The van der Waals surface area contributed by atoms with Crippen LogP contribution in [0.4, 0.5) is 4.79 Å². The van der Waals surface area contributed by atoms with Crippen molar-refractivity contribution in [1.29, 1.82) is 0 Å². The first-order valence-electron chi connectivity index (χ1n) is 5.26. The lowest BCUT2D eigenvalue weighted by atomic mass is 10.2. The minimum absolute atomic E-state index is 0.198. The van der Waals surface area contributed by atoms with Gasteiger partial charge in [0.25, 0.3) is 0 Å². The molecule has 0 aliphatic carbocycles. The molecule has 6 heteroatoms. The van der Waals surface area contributed by atoms with Crippen molar-refractivity contribution in [3.8, 4) is 0 Å². The molecule has 0 aliphatic heterocycles. The molecular weight excluding hydrogens is 244 g/mol. The smallest absolute Gasteiger partial charge is 0.408 e. The average molecular weight is 261 g/mol. The van der Waals surface area contributed by atoms with Gasteiger partial charge in [0.2, 0.25) is 0 Å². The summed E-state index contributed by atoms with van der Waals surface area (Å²) in [5, 5.41) is 2.87. The minimum Gasteiger partial charge on any atom is -0.447 e. The van der Waals surface area contributed by atoms with Crippen molar-refractivity contribution in [1.82, 2.24) is 5.32 Å². The highest BCUT2D eigenvalue weighted by Gasteiger charge is 2.21. The van der Waals surface area contributed by atoms with Crippen LogP contribution in [0.25, 0.3) is 0 Å². The van der Waals surface area contributed by atoms with Gasteiger partial charge in [0.05, 0.1) is 0 Å². The number of furan rings is 1. The lowest BCUT2D eigenvalue weighted by Crippen LogP contribution is -2.37. The molecule has 1 aromatic rings. The molecule has 1 atom stereocenters. The van der Waals surface area contributed by atoms with Gasteiger partial charge in [-0.2, -0.15) is 0 Å². The summed E-state index contributed by atoms with van der Waals surface area (Å²) in [6.07, 6.45) is -0.541. The Morgan fingerprint density at radius 3 is 2.65 bits per heavy atom. The topological polar surface area (TPSA) is 77.5 Å². The zero-order valence-electron chi connectivity index (χ0n) is 10.1. The molecule has 0 aromatic carbocycles. The van der Waals surface area contributed by atoms with Gasteiger partial charge in [0.15, 0.2) is 5.22 Å². The van der Waals surface area contributed by atoms with Crippen LogP contribution in [-0.2, 0) is 4.74 Å². The normalized spacial score (nSPS) is 13.2. The van der Waals surface area contributed by atoms with Gasteiger partial charge in [-0.1, -0.05) is 0 Å². The van der Waals surface area contributed by atoms with E-state index >= 15 is 0 Å². The first kappa shape index (κ1) is 13.9. The number of rotatable bonds is 3. The molecule has 1 amide bonds. The first-order chi connectivity index (χ1) is 7.81. The Morgan fingerprint density at radius 2 is 2.24 bits per heavy atom. The Labute approximate surface area is 105 Å². The quantitative estimate of drug-likeness (QED) is 0.875. The van der Waals surface area contributed by atoms with Crippen molar-refractivity contribution in [2.75, 3.05) is 6.54 Å². The Kier molecular flexibility index (Phi) is 4.42. The molecule has 0 bridgehead atoms. The molecule has 0 fully saturated rings. The molecule has 3 N–H and O–H groups in total. The number of hydrogen-bond donors (Lipinski definition) is 2. The van der Waals surface area contributed by atoms with Crippen molar-refractivity contribution in [3.63, 3.8) is 0 Å². The summed E-state index contributed by atoms with van der Waals surface area (Å²) in [4.78, 5) is 11.5. The molecule has 0 saturated heterocycles. The van der Waals surface area contributed by atoms with Crippen molar-refractivity contribution < 1.29 is 13.9 Å². The number of carbonyl (C=O) groups excluding carboxylic acids is 1. The van der Waals surface area contributed by atoms with Gasteiger partial charge in [-0.3, -0.25) is 0 Å². The maximum absolute atomic E-state index is 11.5. The number of halogens is 1. The van der Waals surface area contributed by atoms with Crippen molar-refractivity contribution in [3.05, 3.63) is 23.1 Å². The second-order valence-electron chi connectivity index (χ2n) is 4.58. The maximum Gasteiger partial charge on any atom is 0.408 e. The SMILES string of the molecule is CC(C)(C)OC(=O)NC(CN)c1ccc(Cl)o1. The van der Waals surface area contributed by atoms with Gasteiger partial charge < -0.3 is 20.2 Å². The predicted octanol–water partition coefficient (Wildman–Crippen LogP) is 2.46. The number of ether oxygens (including phenoxy) is 1. The summed E-state index contributed by atoms with van der Waals surface area (Å²) in [6.45, 7) is 5.55. The molecule has 1 rings (SSSR count). The van der Waals surface area contributed by atoms with Crippen LogP contribution in [0, 0.1) is 0 Å². The van der Waals surface area contributed by atoms with E-state index in [1.807, 2.05) is 0 Å². The number of amides is 1. The van der Waals surface area contributed by atoms with Crippen LogP contribution in [0.1, 0.15) is 32.6 Å². The molecule has 5 nitrogen and oxygen atoms in total. The van der Waals surface area contributed by atoms with E-state index in [0.717, 1.165) is 0 Å². The summed E-state index contributed by atoms with van der Waals surface area (Å²) < 4.78 is 10.3. The van der Waals surface area contributed by atoms with Gasteiger partial charge in [-0.15, -0.1) is 0 Å². The molecule has 0 spiro atoms. The first-order valence-corrected chi connectivity index (χ1v) is 5.64. The predicted molar refractivity (Wildman–Crippen MR) is 64.9 cm³/mol. The highest BCUT2D eigenvalue weighted by Crippen LogP contribution is 2.19. The summed E-state index contributed by atoms with van der Waals surface area (Å²) >= 11 is 5.65. The lowest BCUT2D eigenvalue weighted by molar-refractivity contribution is 0.0499. The largest absolute Gasteiger partial charge is 0.447 e. The fraction of sp³-hybridized carbons (Fsp3) is 0.545. The second kappa shape index (κ2) is 5.42. The highest BCUT2D eigenvalue weighted by molar-refractivity contribution is 6.28. The summed E-state index contributed by atoms with van der Waals surface area (Å²) in [5.74, 6) is 0.503. The Bertz CT molecular complexity index is 384. The molecular formula is C11H17ClN2O3. The average Bonchev–Trinajstić information content (AvgIpc) is 2.58. The Balaban J connectivity index is 2.62. The molecule has 96 valence electrons. The van der Waals surface area contributed by atoms with Crippen LogP contribution in [0.2, 0.25) is 5.22 Å². The number of carbonyl (C=O) groups is 1. The fourth-order valence-electron chi connectivity index (χ4n) is 1.21. The van der Waals surface area contributed by atoms with Gasteiger partial charge in [-0.25, -0.2) is 4.79 Å². The van der Waals surface area contributed by atoms with Crippen molar-refractivity contribution in [2.24, 2.45) is 5.73 Å². The van der Waals surface area contributed by atoms with Gasteiger partial charge in [0, 0.05) is 6.54 Å². The molecule has 0 saturated carbocycles. The monoisotopic (exact) mass is 260 g/mol. The van der Waals surface area contributed by atoms with Gasteiger partial charge in [-0.05, 0) is 44.5 Å². The molecule has 17 heavy (non-hydrogen) atoms. The third-order valence-electron chi connectivity index (χ3n) is 1.86.